The zero-order valence-corrected chi connectivity index (χ0v) is 12.7. The van der Waals surface area contributed by atoms with Crippen molar-refractivity contribution in [2.75, 3.05) is 7.11 Å². The molecule has 3 aromatic rings. The van der Waals surface area contributed by atoms with E-state index in [1.54, 1.807) is 24.3 Å². The molecule has 0 saturated carbocycles. The van der Waals surface area contributed by atoms with E-state index in [9.17, 15) is 8.42 Å². The SMILES string of the molecule is COc1ccc(Cl)cc1S(=O)(=O)c1c[nH]c2ccccc12. The van der Waals surface area contributed by atoms with Gasteiger partial charge in [-0.05, 0) is 24.3 Å². The highest BCUT2D eigenvalue weighted by atomic mass is 35.5. The number of hydrogen-bond donors (Lipinski definition) is 1. The zero-order chi connectivity index (χ0) is 15.0. The number of methoxy groups -OCH3 is 1. The van der Waals surface area contributed by atoms with Crippen LogP contribution in [0.25, 0.3) is 10.9 Å². The maximum atomic E-state index is 12.9. The minimum Gasteiger partial charge on any atom is -0.495 e. The smallest absolute Gasteiger partial charge is 0.212 e. The number of H-pyrrole nitrogens is 1. The van der Waals surface area contributed by atoms with Crippen LogP contribution in [-0.4, -0.2) is 20.5 Å². The fraction of sp³-hybridized carbons (Fsp3) is 0.0667. The summed E-state index contributed by atoms with van der Waals surface area (Å²) in [5.41, 5.74) is 0.761. The van der Waals surface area contributed by atoms with Crippen LogP contribution in [0.4, 0.5) is 0 Å². The lowest BCUT2D eigenvalue weighted by Gasteiger charge is -2.09. The van der Waals surface area contributed by atoms with Gasteiger partial charge in [-0.1, -0.05) is 29.8 Å². The number of para-hydroxylation sites is 1. The molecule has 1 heterocycles. The number of hydrogen-bond acceptors (Lipinski definition) is 3. The molecule has 4 nitrogen and oxygen atoms in total. The van der Waals surface area contributed by atoms with Gasteiger partial charge in [0, 0.05) is 22.1 Å². The Balaban J connectivity index is 2.28. The Morgan fingerprint density at radius 1 is 1.10 bits per heavy atom. The summed E-state index contributed by atoms with van der Waals surface area (Å²) >= 11 is 5.93. The van der Waals surface area contributed by atoms with Gasteiger partial charge in [-0.15, -0.1) is 0 Å². The molecule has 0 unspecified atom stereocenters. The zero-order valence-electron chi connectivity index (χ0n) is 11.1. The van der Waals surface area contributed by atoms with Gasteiger partial charge in [0.2, 0.25) is 9.84 Å². The Kier molecular flexibility index (Phi) is 3.39. The molecule has 0 spiro atoms. The first-order valence-corrected chi connectivity index (χ1v) is 8.05. The number of fused-ring (bicyclic) bond motifs is 1. The third kappa shape index (κ3) is 2.28. The van der Waals surface area contributed by atoms with Crippen LogP contribution in [-0.2, 0) is 9.84 Å². The van der Waals surface area contributed by atoms with E-state index < -0.39 is 9.84 Å². The lowest BCUT2D eigenvalue weighted by molar-refractivity contribution is 0.403. The second-order valence-corrected chi connectivity index (χ2v) is 6.82. The highest BCUT2D eigenvalue weighted by Crippen LogP contribution is 2.34. The van der Waals surface area contributed by atoms with Crippen molar-refractivity contribution in [3.05, 3.63) is 53.7 Å². The van der Waals surface area contributed by atoms with E-state index in [4.69, 9.17) is 16.3 Å². The summed E-state index contributed by atoms with van der Waals surface area (Å²) in [5, 5.41) is 0.980. The molecule has 0 bridgehead atoms. The van der Waals surface area contributed by atoms with Gasteiger partial charge in [-0.2, -0.15) is 0 Å². The van der Waals surface area contributed by atoms with Crippen LogP contribution in [0.5, 0.6) is 5.75 Å². The Morgan fingerprint density at radius 3 is 2.62 bits per heavy atom. The van der Waals surface area contributed by atoms with Crippen molar-refractivity contribution in [2.45, 2.75) is 9.79 Å². The summed E-state index contributed by atoms with van der Waals surface area (Å²) in [5.74, 6) is 0.268. The van der Waals surface area contributed by atoms with E-state index >= 15 is 0 Å². The lowest BCUT2D eigenvalue weighted by Crippen LogP contribution is -2.04. The van der Waals surface area contributed by atoms with Crippen molar-refractivity contribution in [1.29, 1.82) is 0 Å². The normalized spacial score (nSPS) is 11.7. The van der Waals surface area contributed by atoms with Crippen LogP contribution in [0, 0.1) is 0 Å². The van der Waals surface area contributed by atoms with Crippen LogP contribution in [0.1, 0.15) is 0 Å². The number of aromatic amines is 1. The number of halogens is 1. The molecule has 21 heavy (non-hydrogen) atoms. The summed E-state index contributed by atoms with van der Waals surface area (Å²) in [7, 11) is -2.30. The van der Waals surface area contributed by atoms with Gasteiger partial charge in [-0.25, -0.2) is 8.42 Å². The molecular weight excluding hydrogens is 310 g/mol. The number of rotatable bonds is 3. The molecule has 1 N–H and O–H groups in total. The molecule has 2 aromatic carbocycles. The summed E-state index contributed by atoms with van der Waals surface area (Å²) in [6.45, 7) is 0. The summed E-state index contributed by atoms with van der Waals surface area (Å²) < 4.78 is 30.9. The first-order valence-electron chi connectivity index (χ1n) is 6.19. The van der Waals surface area contributed by atoms with Crippen LogP contribution in [0.15, 0.2) is 58.5 Å². The van der Waals surface area contributed by atoms with E-state index in [-0.39, 0.29) is 15.5 Å². The van der Waals surface area contributed by atoms with Gasteiger partial charge >= 0.3 is 0 Å². The Labute approximate surface area is 127 Å². The molecule has 0 fully saturated rings. The maximum absolute atomic E-state index is 12.9. The highest BCUT2D eigenvalue weighted by Gasteiger charge is 2.25. The molecule has 0 saturated heterocycles. The largest absolute Gasteiger partial charge is 0.495 e. The second-order valence-electron chi connectivity index (χ2n) is 4.50. The summed E-state index contributed by atoms with van der Waals surface area (Å²) in [6, 6.07) is 11.8. The number of nitrogens with one attached hydrogen (secondary N) is 1. The molecule has 0 amide bonds. The Hall–Kier alpha value is -1.98. The van der Waals surface area contributed by atoms with Crippen molar-refractivity contribution >= 4 is 32.3 Å². The Morgan fingerprint density at radius 2 is 1.86 bits per heavy atom. The molecule has 0 aliphatic heterocycles. The van der Waals surface area contributed by atoms with Crippen molar-refractivity contribution in [3.63, 3.8) is 0 Å². The van der Waals surface area contributed by atoms with Crippen molar-refractivity contribution < 1.29 is 13.2 Å². The highest BCUT2D eigenvalue weighted by molar-refractivity contribution is 7.91. The van der Waals surface area contributed by atoms with Gasteiger partial charge < -0.3 is 9.72 Å². The van der Waals surface area contributed by atoms with Gasteiger partial charge in [0.15, 0.2) is 0 Å². The molecule has 108 valence electrons. The van der Waals surface area contributed by atoms with Crippen molar-refractivity contribution in [2.24, 2.45) is 0 Å². The predicted molar refractivity (Wildman–Crippen MR) is 81.8 cm³/mol. The molecule has 3 rings (SSSR count). The van der Waals surface area contributed by atoms with Gasteiger partial charge in [0.1, 0.15) is 10.6 Å². The van der Waals surface area contributed by atoms with Gasteiger partial charge in [-0.3, -0.25) is 0 Å². The topological polar surface area (TPSA) is 59.2 Å². The van der Waals surface area contributed by atoms with Crippen molar-refractivity contribution in [1.82, 2.24) is 4.98 Å². The monoisotopic (exact) mass is 321 g/mol. The standard InChI is InChI=1S/C15H12ClNO3S/c1-20-13-7-6-10(16)8-14(13)21(18,19)15-9-17-12-5-3-2-4-11(12)15/h2-9,17H,1H3. The molecule has 0 aliphatic rings. The fourth-order valence-electron chi connectivity index (χ4n) is 2.25. The third-order valence-electron chi connectivity index (χ3n) is 3.26. The molecule has 6 heteroatoms. The van der Waals surface area contributed by atoms with Crippen molar-refractivity contribution in [3.8, 4) is 5.75 Å². The van der Waals surface area contributed by atoms with Crippen LogP contribution < -0.4 is 4.74 Å². The van der Waals surface area contributed by atoms with Crippen LogP contribution >= 0.6 is 11.6 Å². The molecule has 1 aromatic heterocycles. The second kappa shape index (κ2) is 5.09. The summed E-state index contributed by atoms with van der Waals surface area (Å²) in [4.78, 5) is 3.23. The predicted octanol–water partition coefficient (Wildman–Crippen LogP) is 3.66. The number of ether oxygens (including phenoxy) is 1. The lowest BCUT2D eigenvalue weighted by atomic mass is 10.2. The summed E-state index contributed by atoms with van der Waals surface area (Å²) in [6.07, 6.45) is 1.49. The first kappa shape index (κ1) is 14.0. The van der Waals surface area contributed by atoms with E-state index in [1.165, 1.54) is 19.4 Å². The fourth-order valence-corrected chi connectivity index (χ4v) is 4.10. The average Bonchev–Trinajstić information content (AvgIpc) is 2.92. The minimum absolute atomic E-state index is 0.0576. The van der Waals surface area contributed by atoms with Gasteiger partial charge in [0.25, 0.3) is 0 Å². The van der Waals surface area contributed by atoms with Crippen LogP contribution in [0.2, 0.25) is 5.02 Å². The quantitative estimate of drug-likeness (QED) is 0.800. The first-order chi connectivity index (χ1) is 10.0. The third-order valence-corrected chi connectivity index (χ3v) is 5.31. The van der Waals surface area contributed by atoms with E-state index in [0.29, 0.717) is 10.4 Å². The maximum Gasteiger partial charge on any atom is 0.212 e. The van der Waals surface area contributed by atoms with E-state index in [1.807, 2.05) is 12.1 Å². The number of aromatic nitrogens is 1. The molecule has 0 aliphatic carbocycles. The number of benzene rings is 2. The minimum atomic E-state index is -3.73. The number of sulfone groups is 1. The average molecular weight is 322 g/mol. The Bertz CT molecular complexity index is 916. The molecular formula is C15H12ClNO3S. The molecule has 0 radical (unpaired) electrons. The van der Waals surface area contributed by atoms with Crippen LogP contribution in [0.3, 0.4) is 0 Å². The van der Waals surface area contributed by atoms with Gasteiger partial charge in [0.05, 0.1) is 12.0 Å². The molecule has 0 atom stereocenters. The van der Waals surface area contributed by atoms with E-state index in [0.717, 1.165) is 5.52 Å². The van der Waals surface area contributed by atoms with E-state index in [2.05, 4.69) is 4.98 Å².